The second kappa shape index (κ2) is 3.59. The van der Waals surface area contributed by atoms with E-state index in [1.54, 1.807) is 25.1 Å². The summed E-state index contributed by atoms with van der Waals surface area (Å²) in [4.78, 5) is 10.5. The van der Waals surface area contributed by atoms with Gasteiger partial charge in [-0.15, -0.1) is 0 Å². The van der Waals surface area contributed by atoms with E-state index in [4.69, 9.17) is 17.3 Å². The molecule has 0 saturated carbocycles. The molecule has 0 aromatic heterocycles. The van der Waals surface area contributed by atoms with Gasteiger partial charge < -0.3 is 10.5 Å². The number of hydrogen-bond donors (Lipinski definition) is 1. The summed E-state index contributed by atoms with van der Waals surface area (Å²) in [6, 6.07) is 5.16. The highest BCUT2D eigenvalue weighted by Crippen LogP contribution is 2.24. The predicted octanol–water partition coefficient (Wildman–Crippen LogP) is 2.22. The van der Waals surface area contributed by atoms with Gasteiger partial charge in [0.15, 0.2) is 0 Å². The molecule has 2 N–H and O–H groups in total. The predicted molar refractivity (Wildman–Crippen MR) is 50.3 cm³/mol. The summed E-state index contributed by atoms with van der Waals surface area (Å²) in [5, 5.41) is 0.551. The molecule has 0 aliphatic heterocycles. The minimum Gasteiger partial charge on any atom is -0.399 e. The second-order valence-electron chi connectivity index (χ2n) is 2.71. The smallest absolute Gasteiger partial charge is 0.127 e. The quantitative estimate of drug-likeness (QED) is 0.565. The molecule has 0 fully saturated rings. The Morgan fingerprint density at radius 1 is 1.58 bits per heavy atom. The fourth-order valence-corrected chi connectivity index (χ4v) is 1.35. The molecule has 0 heterocycles. The number of halogens is 1. The molecule has 1 rings (SSSR count). The summed E-state index contributed by atoms with van der Waals surface area (Å²) in [6.07, 6.45) is 0.859. The van der Waals surface area contributed by atoms with Crippen molar-refractivity contribution < 1.29 is 4.79 Å². The number of benzene rings is 1. The second-order valence-corrected chi connectivity index (χ2v) is 3.11. The van der Waals surface area contributed by atoms with Gasteiger partial charge in [-0.25, -0.2) is 0 Å². The summed E-state index contributed by atoms with van der Waals surface area (Å²) in [7, 11) is 0. The van der Waals surface area contributed by atoms with Crippen LogP contribution in [0.2, 0.25) is 5.02 Å². The van der Waals surface area contributed by atoms with E-state index >= 15 is 0 Å². The highest BCUT2D eigenvalue weighted by atomic mass is 35.5. The van der Waals surface area contributed by atoms with E-state index in [1.807, 2.05) is 0 Å². The van der Waals surface area contributed by atoms with Gasteiger partial charge in [-0.3, -0.25) is 0 Å². The third kappa shape index (κ3) is 1.77. The molecule has 0 aliphatic rings. The fourth-order valence-electron chi connectivity index (χ4n) is 0.986. The number of carbonyl (C=O) groups excluding carboxylic acids is 1. The Hall–Kier alpha value is -1.02. The van der Waals surface area contributed by atoms with Crippen molar-refractivity contribution in [2.45, 2.75) is 12.8 Å². The van der Waals surface area contributed by atoms with Crippen molar-refractivity contribution in [2.75, 3.05) is 5.73 Å². The van der Waals surface area contributed by atoms with E-state index in [1.165, 1.54) is 0 Å². The maximum absolute atomic E-state index is 10.5. The Morgan fingerprint density at radius 2 is 2.25 bits per heavy atom. The molecule has 0 bridgehead atoms. The van der Waals surface area contributed by atoms with Gasteiger partial charge in [0.25, 0.3) is 0 Å². The third-order valence-electron chi connectivity index (χ3n) is 1.72. The van der Waals surface area contributed by atoms with E-state index < -0.39 is 0 Å². The first kappa shape index (κ1) is 9.07. The zero-order valence-corrected chi connectivity index (χ0v) is 7.51. The Bertz CT molecular complexity index is 299. The van der Waals surface area contributed by atoms with Gasteiger partial charge in [-0.2, -0.15) is 0 Å². The number of nitrogen functional groups attached to an aromatic ring is 1. The van der Waals surface area contributed by atoms with Crippen LogP contribution >= 0.6 is 11.6 Å². The lowest BCUT2D eigenvalue weighted by Gasteiger charge is -2.06. The van der Waals surface area contributed by atoms with E-state index in [-0.39, 0.29) is 5.92 Å². The first-order chi connectivity index (χ1) is 5.65. The number of nitrogens with two attached hydrogens (primary N) is 1. The average Bonchev–Trinajstić information content (AvgIpc) is 2.03. The Balaban J connectivity index is 3.09. The molecule has 0 aliphatic carbocycles. The average molecular weight is 184 g/mol. The molecule has 3 heteroatoms. The molecule has 12 heavy (non-hydrogen) atoms. The molecule has 1 unspecified atom stereocenters. The minimum absolute atomic E-state index is 0.168. The van der Waals surface area contributed by atoms with Crippen LogP contribution in [0.4, 0.5) is 5.69 Å². The van der Waals surface area contributed by atoms with Gasteiger partial charge in [0.1, 0.15) is 6.29 Å². The number of carbonyl (C=O) groups is 1. The summed E-state index contributed by atoms with van der Waals surface area (Å²) < 4.78 is 0. The molecule has 1 aromatic carbocycles. The van der Waals surface area contributed by atoms with Crippen LogP contribution in [0.1, 0.15) is 18.4 Å². The van der Waals surface area contributed by atoms with Crippen LogP contribution in [-0.2, 0) is 4.79 Å². The molecule has 0 radical (unpaired) electrons. The first-order valence-corrected chi connectivity index (χ1v) is 4.03. The number of hydrogen-bond acceptors (Lipinski definition) is 2. The lowest BCUT2D eigenvalue weighted by Crippen LogP contribution is -1.96. The molecule has 0 spiro atoms. The van der Waals surface area contributed by atoms with Crippen molar-refractivity contribution in [3.63, 3.8) is 0 Å². The van der Waals surface area contributed by atoms with Gasteiger partial charge in [0.2, 0.25) is 0 Å². The number of aldehydes is 1. The van der Waals surface area contributed by atoms with E-state index in [0.29, 0.717) is 10.7 Å². The zero-order chi connectivity index (χ0) is 9.14. The van der Waals surface area contributed by atoms with Gasteiger partial charge in [-0.1, -0.05) is 24.6 Å². The van der Waals surface area contributed by atoms with E-state index in [0.717, 1.165) is 11.8 Å². The van der Waals surface area contributed by atoms with Gasteiger partial charge in [-0.05, 0) is 17.7 Å². The monoisotopic (exact) mass is 183 g/mol. The molecule has 1 aromatic rings. The van der Waals surface area contributed by atoms with Crippen LogP contribution in [-0.4, -0.2) is 6.29 Å². The molecule has 2 nitrogen and oxygen atoms in total. The van der Waals surface area contributed by atoms with Gasteiger partial charge in [0.05, 0.1) is 0 Å². The number of rotatable bonds is 2. The first-order valence-electron chi connectivity index (χ1n) is 3.65. The standard InChI is InChI=1S/C9H10ClNO/c1-6(5-12)8-3-2-7(11)4-9(8)10/h2-6H,11H2,1H3. The summed E-state index contributed by atoms with van der Waals surface area (Å²) in [6.45, 7) is 1.80. The van der Waals surface area contributed by atoms with Crippen LogP contribution in [0.5, 0.6) is 0 Å². The van der Waals surface area contributed by atoms with Crippen LogP contribution in [0.25, 0.3) is 0 Å². The van der Waals surface area contributed by atoms with Crippen LogP contribution in [0.15, 0.2) is 18.2 Å². The zero-order valence-electron chi connectivity index (χ0n) is 6.75. The third-order valence-corrected chi connectivity index (χ3v) is 2.05. The van der Waals surface area contributed by atoms with Gasteiger partial charge in [0, 0.05) is 16.6 Å². The molecular weight excluding hydrogens is 174 g/mol. The fraction of sp³-hybridized carbons (Fsp3) is 0.222. The maximum Gasteiger partial charge on any atom is 0.127 e. The number of anilines is 1. The normalized spacial score (nSPS) is 12.5. The minimum atomic E-state index is -0.168. The molecule has 0 saturated heterocycles. The topological polar surface area (TPSA) is 43.1 Å². The SMILES string of the molecule is CC(C=O)c1ccc(N)cc1Cl. The van der Waals surface area contributed by atoms with Crippen molar-refractivity contribution in [3.8, 4) is 0 Å². The van der Waals surface area contributed by atoms with Crippen LogP contribution in [0, 0.1) is 0 Å². The van der Waals surface area contributed by atoms with Crippen molar-refractivity contribution in [1.29, 1.82) is 0 Å². The molecule has 64 valence electrons. The van der Waals surface area contributed by atoms with Crippen molar-refractivity contribution in [1.82, 2.24) is 0 Å². The molecule has 1 atom stereocenters. The lowest BCUT2D eigenvalue weighted by atomic mass is 10.0. The van der Waals surface area contributed by atoms with Crippen molar-refractivity contribution in [3.05, 3.63) is 28.8 Å². The summed E-state index contributed by atoms with van der Waals surface area (Å²) in [5.74, 6) is -0.168. The Morgan fingerprint density at radius 3 is 2.75 bits per heavy atom. The molecular formula is C9H10ClNO. The van der Waals surface area contributed by atoms with Gasteiger partial charge >= 0.3 is 0 Å². The molecule has 0 amide bonds. The highest BCUT2D eigenvalue weighted by molar-refractivity contribution is 6.31. The summed E-state index contributed by atoms with van der Waals surface area (Å²) >= 11 is 5.86. The Kier molecular flexibility index (Phi) is 2.71. The van der Waals surface area contributed by atoms with Crippen LogP contribution in [0.3, 0.4) is 0 Å². The maximum atomic E-state index is 10.5. The van der Waals surface area contributed by atoms with Crippen LogP contribution < -0.4 is 5.73 Å². The van der Waals surface area contributed by atoms with E-state index in [2.05, 4.69) is 0 Å². The Labute approximate surface area is 76.3 Å². The highest BCUT2D eigenvalue weighted by Gasteiger charge is 2.07. The van der Waals surface area contributed by atoms with Crippen molar-refractivity contribution >= 4 is 23.6 Å². The lowest BCUT2D eigenvalue weighted by molar-refractivity contribution is -0.108. The van der Waals surface area contributed by atoms with Crippen molar-refractivity contribution in [2.24, 2.45) is 0 Å². The summed E-state index contributed by atoms with van der Waals surface area (Å²) in [5.41, 5.74) is 6.93. The largest absolute Gasteiger partial charge is 0.399 e. The van der Waals surface area contributed by atoms with E-state index in [9.17, 15) is 4.79 Å².